The van der Waals surface area contributed by atoms with Crippen molar-refractivity contribution in [3.8, 4) is 0 Å². The van der Waals surface area contributed by atoms with Crippen molar-refractivity contribution in [2.45, 2.75) is 11.1 Å². The Balaban J connectivity index is 1.71. The number of anilines is 2. The van der Waals surface area contributed by atoms with E-state index < -0.39 is 33.4 Å². The highest BCUT2D eigenvalue weighted by Crippen LogP contribution is 2.34. The fraction of sp³-hybridized carbons (Fsp3) is 0.0476. The number of nitrogens with zero attached hydrogens (tertiary/aromatic N) is 1. The fourth-order valence-corrected chi connectivity index (χ4v) is 5.11. The number of carbonyl (C=O) groups excluding carboxylic acids is 1. The molecule has 0 atom stereocenters. The Morgan fingerprint density at radius 1 is 1.00 bits per heavy atom. The lowest BCUT2D eigenvalue weighted by atomic mass is 10.1. The van der Waals surface area contributed by atoms with E-state index in [2.05, 4.69) is 31.0 Å². The molecule has 0 saturated heterocycles. The van der Waals surface area contributed by atoms with E-state index in [0.29, 0.717) is 22.1 Å². The van der Waals surface area contributed by atoms with Gasteiger partial charge in [-0.2, -0.15) is 13.2 Å². The number of sulfonamides is 1. The number of benzene rings is 3. The third kappa shape index (κ3) is 5.18. The third-order valence-corrected chi connectivity index (χ3v) is 7.34. The molecule has 0 spiro atoms. The van der Waals surface area contributed by atoms with Crippen LogP contribution in [0.5, 0.6) is 0 Å². The fourth-order valence-electron chi connectivity index (χ4n) is 2.91. The largest absolute Gasteiger partial charge is 0.416 e. The number of nitrogens with one attached hydrogen (secondary N) is 2. The summed E-state index contributed by atoms with van der Waals surface area (Å²) in [6.45, 7) is 0. The number of rotatable bonds is 5. The van der Waals surface area contributed by atoms with Gasteiger partial charge in [-0.15, -0.1) is 0 Å². The lowest BCUT2D eigenvalue weighted by molar-refractivity contribution is -0.137. The summed E-state index contributed by atoms with van der Waals surface area (Å²) in [4.78, 5) is 17.0. The van der Waals surface area contributed by atoms with E-state index in [9.17, 15) is 26.4 Å². The highest BCUT2D eigenvalue weighted by Gasteiger charge is 2.32. The maximum atomic E-state index is 13.3. The van der Waals surface area contributed by atoms with Crippen LogP contribution in [0.2, 0.25) is 0 Å². The molecule has 0 radical (unpaired) electrons. The lowest BCUT2D eigenvalue weighted by Gasteiger charge is -2.15. The molecule has 1 amide bonds. The minimum absolute atomic E-state index is 0.180. The number of hydrogen-bond donors (Lipinski definition) is 2. The molecule has 2 N–H and O–H groups in total. The van der Waals surface area contributed by atoms with Crippen molar-refractivity contribution in [1.29, 1.82) is 0 Å². The summed E-state index contributed by atoms with van der Waals surface area (Å²) in [6.07, 6.45) is -4.74. The molecule has 0 bridgehead atoms. The first-order valence-corrected chi connectivity index (χ1v) is 12.3. The van der Waals surface area contributed by atoms with E-state index in [1.165, 1.54) is 35.6 Å². The van der Waals surface area contributed by atoms with E-state index in [4.69, 9.17) is 0 Å². The number of halogens is 4. The summed E-state index contributed by atoms with van der Waals surface area (Å²) in [5, 5.41) is 2.75. The summed E-state index contributed by atoms with van der Waals surface area (Å²) >= 11 is 4.37. The average molecular weight is 556 g/mol. The van der Waals surface area contributed by atoms with Crippen molar-refractivity contribution in [1.82, 2.24) is 4.98 Å². The zero-order valence-corrected chi connectivity index (χ0v) is 19.6. The molecule has 0 aliphatic rings. The molecule has 12 heteroatoms. The van der Waals surface area contributed by atoms with Crippen LogP contribution in [-0.2, 0) is 16.2 Å². The minimum atomic E-state index is -4.74. The molecule has 0 fully saturated rings. The van der Waals surface area contributed by atoms with Gasteiger partial charge < -0.3 is 0 Å². The SMILES string of the molecule is O=C(Nc1nc2ccccc2s1)c1ccc(C(F)(F)F)cc1NS(=O)(=O)c1ccc(Br)cc1. The van der Waals surface area contributed by atoms with Crippen LogP contribution in [0.4, 0.5) is 24.0 Å². The first kappa shape index (κ1) is 23.2. The van der Waals surface area contributed by atoms with E-state index in [1.807, 2.05) is 0 Å². The molecule has 0 saturated carbocycles. The Hall–Kier alpha value is -2.96. The molecule has 3 aromatic carbocycles. The van der Waals surface area contributed by atoms with Crippen molar-refractivity contribution >= 4 is 64.2 Å². The predicted molar refractivity (Wildman–Crippen MR) is 124 cm³/mol. The van der Waals surface area contributed by atoms with Crippen LogP contribution in [0.25, 0.3) is 10.2 Å². The highest BCUT2D eigenvalue weighted by molar-refractivity contribution is 9.10. The van der Waals surface area contributed by atoms with Crippen molar-refractivity contribution in [2.75, 3.05) is 10.0 Å². The number of thiazole rings is 1. The predicted octanol–water partition coefficient (Wildman–Crippen LogP) is 6.13. The zero-order valence-electron chi connectivity index (χ0n) is 16.4. The maximum absolute atomic E-state index is 13.3. The van der Waals surface area contributed by atoms with Gasteiger partial charge in [0.15, 0.2) is 5.13 Å². The average Bonchev–Trinajstić information content (AvgIpc) is 3.15. The Morgan fingerprint density at radius 3 is 2.36 bits per heavy atom. The van der Waals surface area contributed by atoms with Crippen molar-refractivity contribution in [2.24, 2.45) is 0 Å². The van der Waals surface area contributed by atoms with Gasteiger partial charge in [-0.25, -0.2) is 13.4 Å². The summed E-state index contributed by atoms with van der Waals surface area (Å²) in [5.41, 5.74) is -1.26. The second-order valence-corrected chi connectivity index (χ2v) is 10.4. The smallest absolute Gasteiger partial charge is 0.298 e. The normalized spacial score (nSPS) is 12.0. The summed E-state index contributed by atoms with van der Waals surface area (Å²) in [7, 11) is -4.27. The third-order valence-electron chi connectivity index (χ3n) is 4.47. The van der Waals surface area contributed by atoms with Gasteiger partial charge in [0.25, 0.3) is 15.9 Å². The van der Waals surface area contributed by atoms with E-state index in [0.717, 1.165) is 10.8 Å². The number of fused-ring (bicyclic) bond motifs is 1. The summed E-state index contributed by atoms with van der Waals surface area (Å²) in [6, 6.07) is 14.9. The molecule has 4 rings (SSSR count). The Bertz CT molecular complexity index is 1420. The van der Waals surface area contributed by atoms with Crippen LogP contribution in [0.1, 0.15) is 15.9 Å². The number of amides is 1. The quantitative estimate of drug-likeness (QED) is 0.310. The molecule has 0 aliphatic carbocycles. The number of alkyl halides is 3. The lowest BCUT2D eigenvalue weighted by Crippen LogP contribution is -2.19. The Kier molecular flexibility index (Phi) is 6.16. The van der Waals surface area contributed by atoms with E-state index in [-0.39, 0.29) is 15.6 Å². The Labute approximate surface area is 198 Å². The van der Waals surface area contributed by atoms with Gasteiger partial charge in [0.2, 0.25) is 0 Å². The van der Waals surface area contributed by atoms with Gasteiger partial charge in [-0.3, -0.25) is 14.8 Å². The van der Waals surface area contributed by atoms with Crippen molar-refractivity contribution in [3.05, 3.63) is 82.3 Å². The molecule has 6 nitrogen and oxygen atoms in total. The van der Waals surface area contributed by atoms with Gasteiger partial charge in [0.1, 0.15) is 0 Å². The van der Waals surface area contributed by atoms with Crippen molar-refractivity contribution < 1.29 is 26.4 Å². The molecule has 1 aromatic heterocycles. The number of carbonyl (C=O) groups is 1. The van der Waals surface area contributed by atoms with E-state index >= 15 is 0 Å². The number of hydrogen-bond acceptors (Lipinski definition) is 5. The maximum Gasteiger partial charge on any atom is 0.416 e. The van der Waals surface area contributed by atoms with Crippen LogP contribution in [0, 0.1) is 0 Å². The van der Waals surface area contributed by atoms with Gasteiger partial charge in [-0.05, 0) is 54.6 Å². The van der Waals surface area contributed by atoms with Crippen LogP contribution >= 0.6 is 27.3 Å². The zero-order chi connectivity index (χ0) is 23.8. The summed E-state index contributed by atoms with van der Waals surface area (Å²) < 4.78 is 68.9. The Morgan fingerprint density at radius 2 is 1.70 bits per heavy atom. The van der Waals surface area contributed by atoms with Gasteiger partial charge in [0.05, 0.1) is 31.9 Å². The van der Waals surface area contributed by atoms with Gasteiger partial charge in [-0.1, -0.05) is 39.4 Å². The molecule has 170 valence electrons. The van der Waals surface area contributed by atoms with Crippen LogP contribution in [0.15, 0.2) is 76.1 Å². The monoisotopic (exact) mass is 555 g/mol. The second kappa shape index (κ2) is 8.76. The number of para-hydroxylation sites is 1. The number of aromatic nitrogens is 1. The summed E-state index contributed by atoms with van der Waals surface area (Å²) in [5.74, 6) is -0.809. The molecular weight excluding hydrogens is 543 g/mol. The first-order chi connectivity index (χ1) is 15.5. The standard InChI is InChI=1S/C21H13BrF3N3O3S2/c22-13-6-8-14(9-7-13)33(30,31)28-17-11-12(21(23,24)25)5-10-15(17)19(29)27-20-26-16-3-1-2-4-18(16)32-20/h1-11,28H,(H,26,27,29). The van der Waals surface area contributed by atoms with Crippen LogP contribution < -0.4 is 10.0 Å². The molecule has 0 unspecified atom stereocenters. The van der Waals surface area contributed by atoms with Crippen LogP contribution in [-0.4, -0.2) is 19.3 Å². The molecule has 0 aliphatic heterocycles. The molecule has 1 heterocycles. The highest BCUT2D eigenvalue weighted by atomic mass is 79.9. The molecule has 4 aromatic rings. The van der Waals surface area contributed by atoms with Crippen molar-refractivity contribution in [3.63, 3.8) is 0 Å². The second-order valence-electron chi connectivity index (χ2n) is 6.76. The van der Waals surface area contributed by atoms with Gasteiger partial charge in [0, 0.05) is 4.47 Å². The van der Waals surface area contributed by atoms with E-state index in [1.54, 1.807) is 24.3 Å². The van der Waals surface area contributed by atoms with Gasteiger partial charge >= 0.3 is 6.18 Å². The topological polar surface area (TPSA) is 88.2 Å². The van der Waals surface area contributed by atoms with Crippen LogP contribution in [0.3, 0.4) is 0 Å². The first-order valence-electron chi connectivity index (χ1n) is 9.19. The minimum Gasteiger partial charge on any atom is -0.298 e. The molecule has 33 heavy (non-hydrogen) atoms. The molecular formula is C21H13BrF3N3O3S2.